The molecule has 2 N–H and O–H groups in total. The van der Waals surface area contributed by atoms with Gasteiger partial charge < -0.3 is 14.9 Å². The molecule has 3 atom stereocenters. The quantitative estimate of drug-likeness (QED) is 0.656. The van der Waals surface area contributed by atoms with Crippen LogP contribution in [-0.2, 0) is 4.74 Å². The van der Waals surface area contributed by atoms with Crippen molar-refractivity contribution in [3.8, 4) is 0 Å². The van der Waals surface area contributed by atoms with E-state index in [9.17, 15) is 9.90 Å². The number of likely N-dealkylation sites (tertiary alicyclic amines) is 1. The summed E-state index contributed by atoms with van der Waals surface area (Å²) in [6.45, 7) is 4.45. The van der Waals surface area contributed by atoms with Gasteiger partial charge in [0.05, 0.1) is 12.2 Å². The molecule has 2 fully saturated rings. The summed E-state index contributed by atoms with van der Waals surface area (Å²) in [5.74, 6) is 0. The van der Waals surface area contributed by atoms with Crippen LogP contribution in [0.2, 0.25) is 0 Å². The van der Waals surface area contributed by atoms with Crippen LogP contribution in [0.3, 0.4) is 0 Å². The molecule has 0 saturated carbocycles. The van der Waals surface area contributed by atoms with Gasteiger partial charge in [-0.25, -0.2) is 4.79 Å². The van der Waals surface area contributed by atoms with Crippen molar-refractivity contribution in [3.63, 3.8) is 0 Å². The zero-order valence-electron chi connectivity index (χ0n) is 9.72. The molecule has 2 saturated heterocycles. The molecule has 2 aliphatic rings. The Bertz CT molecular complexity index is 284. The van der Waals surface area contributed by atoms with Crippen molar-refractivity contribution in [2.45, 2.75) is 51.5 Å². The lowest BCUT2D eigenvalue weighted by Gasteiger charge is -2.39. The number of rotatable bonds is 0. The summed E-state index contributed by atoms with van der Waals surface area (Å²) < 4.78 is 5.66. The molecule has 1 spiro atoms. The van der Waals surface area contributed by atoms with Crippen LogP contribution in [-0.4, -0.2) is 46.2 Å². The number of hydrogen-bond donors (Lipinski definition) is 2. The minimum Gasteiger partial charge on any atom is -0.465 e. The van der Waals surface area contributed by atoms with Gasteiger partial charge in [-0.3, -0.25) is 4.90 Å². The topological polar surface area (TPSA) is 70.0 Å². The lowest BCUT2D eigenvalue weighted by atomic mass is 9.75. The van der Waals surface area contributed by atoms with E-state index in [0.717, 1.165) is 17.7 Å². The van der Waals surface area contributed by atoms with E-state index in [2.05, 4.69) is 0 Å². The molecule has 16 heavy (non-hydrogen) atoms. The van der Waals surface area contributed by atoms with Gasteiger partial charge in [-0.2, -0.15) is 0 Å². The lowest BCUT2D eigenvalue weighted by Crippen LogP contribution is -2.41. The van der Waals surface area contributed by atoms with Crippen LogP contribution < -0.4 is 0 Å². The standard InChI is InChI=1S/C11H19NO4/c1-7-3-11(4-8(2)16-7)5-9(13)12(6-11)10(14)15/h7-9,13H,3-6H2,1-2H3,(H,14,15). The third-order valence-electron chi connectivity index (χ3n) is 3.63. The Morgan fingerprint density at radius 1 is 1.31 bits per heavy atom. The second-order valence-corrected chi connectivity index (χ2v) is 5.26. The predicted octanol–water partition coefficient (Wildman–Crippen LogP) is 1.26. The highest BCUT2D eigenvalue weighted by Gasteiger charge is 2.48. The van der Waals surface area contributed by atoms with E-state index in [4.69, 9.17) is 9.84 Å². The largest absolute Gasteiger partial charge is 0.465 e. The van der Waals surface area contributed by atoms with Gasteiger partial charge in [0.1, 0.15) is 6.23 Å². The van der Waals surface area contributed by atoms with Crippen LogP contribution in [0.4, 0.5) is 4.79 Å². The fraction of sp³-hybridized carbons (Fsp3) is 0.909. The SMILES string of the molecule is CC1CC2(CC(C)O1)CC(O)N(C(=O)O)C2. The van der Waals surface area contributed by atoms with Crippen LogP contribution in [0.15, 0.2) is 0 Å². The van der Waals surface area contributed by atoms with Crippen molar-refractivity contribution in [3.05, 3.63) is 0 Å². The lowest BCUT2D eigenvalue weighted by molar-refractivity contribution is -0.0844. The number of hydrogen-bond acceptors (Lipinski definition) is 3. The molecule has 1 amide bonds. The minimum absolute atomic E-state index is 0.0884. The summed E-state index contributed by atoms with van der Waals surface area (Å²) in [5.41, 5.74) is -0.0884. The molecule has 92 valence electrons. The average molecular weight is 229 g/mol. The molecule has 0 aliphatic carbocycles. The Morgan fingerprint density at radius 2 is 1.88 bits per heavy atom. The number of aliphatic hydroxyl groups excluding tert-OH is 1. The minimum atomic E-state index is -1.03. The van der Waals surface area contributed by atoms with Crippen molar-refractivity contribution in [2.24, 2.45) is 5.41 Å². The molecule has 2 heterocycles. The maximum Gasteiger partial charge on any atom is 0.409 e. The molecular formula is C11H19NO4. The van der Waals surface area contributed by atoms with Crippen molar-refractivity contribution in [1.29, 1.82) is 0 Å². The summed E-state index contributed by atoms with van der Waals surface area (Å²) in [5, 5.41) is 18.7. The van der Waals surface area contributed by atoms with E-state index in [1.807, 2.05) is 13.8 Å². The first-order valence-corrected chi connectivity index (χ1v) is 5.75. The molecule has 0 aromatic heterocycles. The van der Waals surface area contributed by atoms with Gasteiger partial charge in [0.2, 0.25) is 0 Å². The van der Waals surface area contributed by atoms with Gasteiger partial charge in [-0.05, 0) is 38.5 Å². The van der Waals surface area contributed by atoms with Crippen LogP contribution in [0.1, 0.15) is 33.1 Å². The number of nitrogens with zero attached hydrogens (tertiary/aromatic N) is 1. The second-order valence-electron chi connectivity index (χ2n) is 5.26. The van der Waals surface area contributed by atoms with Gasteiger partial charge in [0.15, 0.2) is 0 Å². The Morgan fingerprint density at radius 3 is 2.31 bits per heavy atom. The summed E-state index contributed by atoms with van der Waals surface area (Å²) in [7, 11) is 0. The summed E-state index contributed by atoms with van der Waals surface area (Å²) in [6, 6.07) is 0. The number of aliphatic hydroxyl groups is 1. The van der Waals surface area contributed by atoms with Crippen LogP contribution >= 0.6 is 0 Å². The monoisotopic (exact) mass is 229 g/mol. The van der Waals surface area contributed by atoms with Crippen molar-refractivity contribution >= 4 is 6.09 Å². The molecular weight excluding hydrogens is 210 g/mol. The molecule has 5 nitrogen and oxygen atoms in total. The van der Waals surface area contributed by atoms with Gasteiger partial charge in [0.25, 0.3) is 0 Å². The summed E-state index contributed by atoms with van der Waals surface area (Å²) in [6.07, 6.45) is 0.605. The number of carboxylic acid groups (broad SMARTS) is 1. The van der Waals surface area contributed by atoms with E-state index in [0.29, 0.717) is 13.0 Å². The van der Waals surface area contributed by atoms with Crippen LogP contribution in [0.25, 0.3) is 0 Å². The van der Waals surface area contributed by atoms with E-state index < -0.39 is 12.3 Å². The van der Waals surface area contributed by atoms with E-state index in [1.54, 1.807) is 0 Å². The molecule has 0 aromatic rings. The fourth-order valence-electron chi connectivity index (χ4n) is 3.32. The fourth-order valence-corrected chi connectivity index (χ4v) is 3.32. The Labute approximate surface area is 95.0 Å². The van der Waals surface area contributed by atoms with Crippen molar-refractivity contribution in [1.82, 2.24) is 4.90 Å². The van der Waals surface area contributed by atoms with Crippen LogP contribution in [0, 0.1) is 5.41 Å². The average Bonchev–Trinajstić information content (AvgIpc) is 2.40. The maximum atomic E-state index is 10.9. The van der Waals surface area contributed by atoms with Crippen molar-refractivity contribution < 1.29 is 19.7 Å². The normalized spacial score (nSPS) is 43.9. The predicted molar refractivity (Wildman–Crippen MR) is 57.0 cm³/mol. The summed E-state index contributed by atoms with van der Waals surface area (Å²) >= 11 is 0. The number of carbonyl (C=O) groups is 1. The second kappa shape index (κ2) is 3.89. The van der Waals surface area contributed by atoms with Gasteiger partial charge >= 0.3 is 6.09 Å². The Balaban J connectivity index is 2.12. The van der Waals surface area contributed by atoms with E-state index in [-0.39, 0.29) is 17.6 Å². The van der Waals surface area contributed by atoms with Crippen molar-refractivity contribution in [2.75, 3.05) is 6.54 Å². The molecule has 0 aromatic carbocycles. The van der Waals surface area contributed by atoms with Gasteiger partial charge in [0, 0.05) is 6.54 Å². The molecule has 5 heteroatoms. The summed E-state index contributed by atoms with van der Waals surface area (Å²) in [4.78, 5) is 12.1. The first kappa shape index (κ1) is 11.7. The number of ether oxygens (including phenoxy) is 1. The third-order valence-corrected chi connectivity index (χ3v) is 3.63. The molecule has 0 radical (unpaired) electrons. The Kier molecular flexibility index (Phi) is 2.84. The highest BCUT2D eigenvalue weighted by molar-refractivity contribution is 5.65. The third kappa shape index (κ3) is 2.01. The molecule has 0 bridgehead atoms. The zero-order valence-corrected chi connectivity index (χ0v) is 9.72. The molecule has 3 unspecified atom stereocenters. The smallest absolute Gasteiger partial charge is 0.409 e. The van der Waals surface area contributed by atoms with Gasteiger partial charge in [-0.15, -0.1) is 0 Å². The maximum absolute atomic E-state index is 10.9. The first-order chi connectivity index (χ1) is 7.42. The van der Waals surface area contributed by atoms with Gasteiger partial charge in [-0.1, -0.05) is 0 Å². The molecule has 2 rings (SSSR count). The van der Waals surface area contributed by atoms with Crippen LogP contribution in [0.5, 0.6) is 0 Å². The Hall–Kier alpha value is -0.810. The van der Waals surface area contributed by atoms with E-state index >= 15 is 0 Å². The zero-order chi connectivity index (χ0) is 11.9. The molecule has 2 aliphatic heterocycles. The first-order valence-electron chi connectivity index (χ1n) is 5.75. The number of amides is 1. The highest BCUT2D eigenvalue weighted by Crippen LogP contribution is 2.45. The van der Waals surface area contributed by atoms with E-state index in [1.165, 1.54) is 0 Å². The highest BCUT2D eigenvalue weighted by atomic mass is 16.5.